The van der Waals surface area contributed by atoms with Crippen molar-refractivity contribution in [3.8, 4) is 22.5 Å². The molecule has 0 aliphatic heterocycles. The van der Waals surface area contributed by atoms with Crippen molar-refractivity contribution in [1.29, 1.82) is 0 Å². The number of furan rings is 1. The minimum absolute atomic E-state index is 0.915. The Morgan fingerprint density at radius 3 is 1.81 bits per heavy atom. The molecule has 52 heavy (non-hydrogen) atoms. The van der Waals surface area contributed by atoms with E-state index >= 15 is 0 Å². The van der Waals surface area contributed by atoms with E-state index < -0.39 is 0 Å². The summed E-state index contributed by atoms with van der Waals surface area (Å²) >= 11 is 1.88. The highest BCUT2D eigenvalue weighted by molar-refractivity contribution is 7.26. The fourth-order valence-electron chi connectivity index (χ4n) is 8.68. The van der Waals surface area contributed by atoms with Crippen LogP contribution in [0.25, 0.3) is 108 Å². The maximum Gasteiger partial charge on any atom is 0.145 e. The van der Waals surface area contributed by atoms with Crippen LogP contribution in [0.4, 0.5) is 0 Å². The van der Waals surface area contributed by atoms with Crippen molar-refractivity contribution in [3.05, 3.63) is 170 Å². The average Bonchev–Trinajstić information content (AvgIpc) is 3.95. The van der Waals surface area contributed by atoms with Gasteiger partial charge in [-0.2, -0.15) is 0 Å². The van der Waals surface area contributed by atoms with Gasteiger partial charge in [0.15, 0.2) is 0 Å². The van der Waals surface area contributed by atoms with E-state index in [1.165, 1.54) is 64.2 Å². The van der Waals surface area contributed by atoms with Crippen LogP contribution < -0.4 is 0 Å². The molecule has 0 fully saturated rings. The Labute approximate surface area is 301 Å². The lowest BCUT2D eigenvalue weighted by Gasteiger charge is -2.10. The molecule has 0 radical (unpaired) electrons. The van der Waals surface area contributed by atoms with Crippen LogP contribution in [0.3, 0.4) is 0 Å². The van der Waals surface area contributed by atoms with Gasteiger partial charge in [0.05, 0.1) is 27.5 Å². The van der Waals surface area contributed by atoms with Crippen molar-refractivity contribution in [1.82, 2.24) is 9.13 Å². The molecule has 4 aromatic heterocycles. The van der Waals surface area contributed by atoms with Gasteiger partial charge in [-0.15, -0.1) is 11.3 Å². The first kappa shape index (κ1) is 28.1. The zero-order valence-corrected chi connectivity index (χ0v) is 28.7. The molecule has 0 unspecified atom stereocenters. The SMILES string of the molecule is c1ccc(-n2c3cc(-c4ccc5c(c4)c4c6c(ccc4n5-c4ccccc4)sc4ccccc46)ccc3c3c4oc5ccccc5c4ccc32)cc1. The minimum atomic E-state index is 0.915. The maximum absolute atomic E-state index is 6.61. The van der Waals surface area contributed by atoms with E-state index in [2.05, 4.69) is 173 Å². The van der Waals surface area contributed by atoms with Gasteiger partial charge in [-0.25, -0.2) is 0 Å². The Bertz CT molecular complexity index is 3400. The maximum atomic E-state index is 6.61. The van der Waals surface area contributed by atoms with Crippen molar-refractivity contribution >= 4 is 97.1 Å². The van der Waals surface area contributed by atoms with Crippen LogP contribution in [0.1, 0.15) is 0 Å². The summed E-state index contributed by atoms with van der Waals surface area (Å²) in [4.78, 5) is 0. The number of hydrogen-bond donors (Lipinski definition) is 0. The lowest BCUT2D eigenvalue weighted by molar-refractivity contribution is 0.673. The number of fused-ring (bicyclic) bond motifs is 14. The minimum Gasteiger partial charge on any atom is -0.455 e. The average molecular weight is 681 g/mol. The second kappa shape index (κ2) is 10.5. The number of rotatable bonds is 3. The molecule has 0 N–H and O–H groups in total. The van der Waals surface area contributed by atoms with Crippen LogP contribution in [0.5, 0.6) is 0 Å². The van der Waals surface area contributed by atoms with Crippen molar-refractivity contribution in [2.75, 3.05) is 0 Å². The first-order valence-corrected chi connectivity index (χ1v) is 18.5. The number of hydrogen-bond acceptors (Lipinski definition) is 2. The van der Waals surface area contributed by atoms with Crippen LogP contribution in [0.15, 0.2) is 174 Å². The highest BCUT2D eigenvalue weighted by Gasteiger charge is 2.21. The summed E-state index contributed by atoms with van der Waals surface area (Å²) in [5, 5.41) is 9.84. The fraction of sp³-hybridized carbons (Fsp3) is 0. The second-order valence-electron chi connectivity index (χ2n) is 13.7. The van der Waals surface area contributed by atoms with E-state index in [-0.39, 0.29) is 0 Å². The number of nitrogens with zero attached hydrogens (tertiary/aromatic N) is 2. The molecule has 0 saturated heterocycles. The molecule has 242 valence electrons. The van der Waals surface area contributed by atoms with Gasteiger partial charge in [0.1, 0.15) is 11.2 Å². The molecular formula is C48H28N2OS. The van der Waals surface area contributed by atoms with Crippen LogP contribution in [-0.2, 0) is 0 Å². The molecule has 12 rings (SSSR count). The molecule has 4 heterocycles. The Morgan fingerprint density at radius 1 is 0.365 bits per heavy atom. The quantitative estimate of drug-likeness (QED) is 0.182. The van der Waals surface area contributed by atoms with Gasteiger partial charge in [-0.1, -0.05) is 91.0 Å². The Morgan fingerprint density at radius 2 is 0.981 bits per heavy atom. The summed E-state index contributed by atoms with van der Waals surface area (Å²) in [6.45, 7) is 0. The lowest BCUT2D eigenvalue weighted by Crippen LogP contribution is -1.93. The van der Waals surface area contributed by atoms with E-state index in [0.29, 0.717) is 0 Å². The van der Waals surface area contributed by atoms with Crippen LogP contribution in [0.2, 0.25) is 0 Å². The van der Waals surface area contributed by atoms with Crippen LogP contribution in [-0.4, -0.2) is 9.13 Å². The zero-order valence-electron chi connectivity index (χ0n) is 27.9. The van der Waals surface area contributed by atoms with Crippen LogP contribution >= 0.6 is 11.3 Å². The van der Waals surface area contributed by atoms with Gasteiger partial charge in [0.25, 0.3) is 0 Å². The highest BCUT2D eigenvalue weighted by atomic mass is 32.1. The molecule has 4 heteroatoms. The Balaban J connectivity index is 1.17. The lowest BCUT2D eigenvalue weighted by atomic mass is 9.99. The number of thiophene rings is 1. The molecule has 0 saturated carbocycles. The molecule has 0 spiro atoms. The summed E-state index contributed by atoms with van der Waals surface area (Å²) in [5.41, 5.74) is 11.2. The van der Waals surface area contributed by atoms with Gasteiger partial charge in [0.2, 0.25) is 0 Å². The first-order valence-electron chi connectivity index (χ1n) is 17.7. The first-order chi connectivity index (χ1) is 25.8. The van der Waals surface area contributed by atoms with E-state index in [4.69, 9.17) is 4.42 Å². The van der Waals surface area contributed by atoms with Gasteiger partial charge in [0, 0.05) is 58.5 Å². The largest absolute Gasteiger partial charge is 0.455 e. The number of benzene rings is 8. The van der Waals surface area contributed by atoms with Crippen molar-refractivity contribution in [2.24, 2.45) is 0 Å². The molecule has 0 aliphatic carbocycles. The predicted octanol–water partition coefficient (Wildman–Crippen LogP) is 13.8. The molecule has 12 aromatic rings. The van der Waals surface area contributed by atoms with Crippen molar-refractivity contribution in [2.45, 2.75) is 0 Å². The molecule has 3 nitrogen and oxygen atoms in total. The molecule has 0 amide bonds. The monoisotopic (exact) mass is 680 g/mol. The highest BCUT2D eigenvalue weighted by Crippen LogP contribution is 2.45. The summed E-state index contributed by atoms with van der Waals surface area (Å²) < 4.78 is 14.1. The van der Waals surface area contributed by atoms with E-state index in [9.17, 15) is 0 Å². The Kier molecular flexibility index (Phi) is 5.65. The summed E-state index contributed by atoms with van der Waals surface area (Å²) in [6, 6.07) is 61.6. The smallest absolute Gasteiger partial charge is 0.145 e. The fourth-order valence-corrected chi connectivity index (χ4v) is 9.79. The summed E-state index contributed by atoms with van der Waals surface area (Å²) in [7, 11) is 0. The normalized spacial score (nSPS) is 12.2. The van der Waals surface area contributed by atoms with Gasteiger partial charge in [-0.3, -0.25) is 0 Å². The molecular weight excluding hydrogens is 653 g/mol. The molecule has 0 bridgehead atoms. The zero-order chi connectivity index (χ0) is 33.9. The molecule has 0 aliphatic rings. The van der Waals surface area contributed by atoms with E-state index in [0.717, 1.165) is 44.0 Å². The molecule has 0 atom stereocenters. The second-order valence-corrected chi connectivity index (χ2v) is 14.8. The topological polar surface area (TPSA) is 23.0 Å². The van der Waals surface area contributed by atoms with E-state index in [1.807, 2.05) is 17.4 Å². The van der Waals surface area contributed by atoms with E-state index in [1.54, 1.807) is 0 Å². The summed E-state index contributed by atoms with van der Waals surface area (Å²) in [5.74, 6) is 0. The third-order valence-electron chi connectivity index (χ3n) is 10.9. The number of para-hydroxylation sites is 3. The standard InChI is InChI=1S/C48H28N2OS/c1-3-11-31(12-4-1)49-38-23-20-29(27-37(38)45-39(49)25-26-44-47(45)36-16-8-10-18-43(36)52-44)30-19-21-35-41(28-30)50(32-13-5-2-6-14-32)40-24-22-34-33-15-7-9-17-42(33)51-48(34)46(35)40/h1-28H. The van der Waals surface area contributed by atoms with Gasteiger partial charge >= 0.3 is 0 Å². The third kappa shape index (κ3) is 3.79. The number of aromatic nitrogens is 2. The van der Waals surface area contributed by atoms with Crippen molar-refractivity contribution in [3.63, 3.8) is 0 Å². The molecule has 8 aromatic carbocycles. The van der Waals surface area contributed by atoms with Crippen molar-refractivity contribution < 1.29 is 4.42 Å². The van der Waals surface area contributed by atoms with Crippen LogP contribution in [0, 0.1) is 0 Å². The van der Waals surface area contributed by atoms with Gasteiger partial charge < -0.3 is 13.6 Å². The predicted molar refractivity (Wildman–Crippen MR) is 221 cm³/mol. The third-order valence-corrected chi connectivity index (χ3v) is 12.0. The van der Waals surface area contributed by atoms with Gasteiger partial charge in [-0.05, 0) is 90.0 Å². The Hall–Kier alpha value is -6.62. The summed E-state index contributed by atoms with van der Waals surface area (Å²) in [6.07, 6.45) is 0.